The Hall–Kier alpha value is -2.46. The van der Waals surface area contributed by atoms with Gasteiger partial charge in [0.25, 0.3) is 11.8 Å². The summed E-state index contributed by atoms with van der Waals surface area (Å²) in [4.78, 5) is 31.5. The summed E-state index contributed by atoms with van der Waals surface area (Å²) in [6, 6.07) is -0.289. The van der Waals surface area contributed by atoms with Crippen LogP contribution in [-0.2, 0) is 16.1 Å². The molecule has 30 heavy (non-hydrogen) atoms. The molecule has 0 aromatic carbocycles. The van der Waals surface area contributed by atoms with E-state index in [2.05, 4.69) is 26.9 Å². The Labute approximate surface area is 175 Å². The average Bonchev–Trinajstić information content (AvgIpc) is 3.37. The number of hydrogen-bond donors (Lipinski definition) is 2. The largest absolute Gasteiger partial charge is 0.381 e. The summed E-state index contributed by atoms with van der Waals surface area (Å²) in [6.07, 6.45) is 8.71. The molecule has 10 heteroatoms. The number of amides is 2. The molecule has 3 fully saturated rings. The first kappa shape index (κ1) is 19.5. The van der Waals surface area contributed by atoms with Crippen LogP contribution in [-0.4, -0.2) is 75.4 Å². The minimum absolute atomic E-state index is 0.105. The van der Waals surface area contributed by atoms with Gasteiger partial charge in [-0.3, -0.25) is 24.2 Å². The molecule has 2 N–H and O–H groups in total. The van der Waals surface area contributed by atoms with Gasteiger partial charge in [-0.05, 0) is 50.0 Å². The zero-order valence-corrected chi connectivity index (χ0v) is 17.3. The van der Waals surface area contributed by atoms with Crippen molar-refractivity contribution in [3.8, 4) is 0 Å². The summed E-state index contributed by atoms with van der Waals surface area (Å²) in [7, 11) is 1.77. The molecule has 0 spiro atoms. The third-order valence-corrected chi connectivity index (χ3v) is 6.48. The topological polar surface area (TPSA) is 105 Å². The molecular formula is C20H29N7O3. The minimum Gasteiger partial charge on any atom is -0.381 e. The molecular weight excluding hydrogens is 386 g/mol. The second kappa shape index (κ2) is 7.99. The summed E-state index contributed by atoms with van der Waals surface area (Å²) in [5.41, 5.74) is 3.49. The van der Waals surface area contributed by atoms with Crippen LogP contribution in [0.1, 0.15) is 42.7 Å². The molecule has 0 radical (unpaired) electrons. The fraction of sp³-hybridized carbons (Fsp3) is 0.700. The van der Waals surface area contributed by atoms with E-state index >= 15 is 0 Å². The van der Waals surface area contributed by atoms with E-state index in [1.807, 2.05) is 5.01 Å². The van der Waals surface area contributed by atoms with Crippen molar-refractivity contribution in [2.24, 2.45) is 11.8 Å². The third-order valence-electron chi connectivity index (χ3n) is 6.48. The molecule has 4 heterocycles. The van der Waals surface area contributed by atoms with Gasteiger partial charge in [-0.1, -0.05) is 0 Å². The van der Waals surface area contributed by atoms with Crippen LogP contribution in [0.5, 0.6) is 0 Å². The maximum Gasteiger partial charge on any atom is 0.291 e. The van der Waals surface area contributed by atoms with Crippen LogP contribution in [0, 0.1) is 11.8 Å². The number of carbonyl (C=O) groups excluding carboxylic acids is 2. The molecule has 1 aliphatic carbocycles. The molecule has 162 valence electrons. The Bertz CT molecular complexity index is 843. The van der Waals surface area contributed by atoms with Crippen LogP contribution in [0.15, 0.2) is 18.2 Å². The number of rotatable bonds is 5. The van der Waals surface area contributed by atoms with Gasteiger partial charge in [0.05, 0.1) is 6.04 Å². The Morgan fingerprint density at radius 1 is 1.27 bits per heavy atom. The van der Waals surface area contributed by atoms with Crippen molar-refractivity contribution >= 4 is 11.8 Å². The lowest BCUT2D eigenvalue weighted by atomic mass is 10.0. The molecule has 5 rings (SSSR count). The summed E-state index contributed by atoms with van der Waals surface area (Å²) in [6.45, 7) is 2.93. The van der Waals surface area contributed by atoms with Gasteiger partial charge in [-0.25, -0.2) is 10.4 Å². The van der Waals surface area contributed by atoms with Gasteiger partial charge < -0.3 is 10.1 Å². The number of nitrogens with zero attached hydrogens (tertiary/aromatic N) is 5. The maximum absolute atomic E-state index is 13.0. The van der Waals surface area contributed by atoms with E-state index in [0.717, 1.165) is 38.4 Å². The van der Waals surface area contributed by atoms with Crippen LogP contribution in [0.3, 0.4) is 0 Å². The van der Waals surface area contributed by atoms with Crippen molar-refractivity contribution in [2.75, 3.05) is 26.8 Å². The van der Waals surface area contributed by atoms with Crippen molar-refractivity contribution in [2.45, 2.75) is 50.7 Å². The normalized spacial score (nSPS) is 27.6. The van der Waals surface area contributed by atoms with Crippen molar-refractivity contribution in [3.05, 3.63) is 24.0 Å². The van der Waals surface area contributed by atoms with Gasteiger partial charge in [0.2, 0.25) is 5.82 Å². The SMILES string of the molecule is CN1C(=O)C(NC(=O)c2ncn(CC3CCOCC3)n2)CCN2NC(C3CC3)C=C21. The van der Waals surface area contributed by atoms with Gasteiger partial charge in [-0.2, -0.15) is 0 Å². The highest BCUT2D eigenvalue weighted by atomic mass is 16.5. The lowest BCUT2D eigenvalue weighted by Crippen LogP contribution is -2.46. The minimum atomic E-state index is -0.599. The smallest absolute Gasteiger partial charge is 0.291 e. The zero-order chi connectivity index (χ0) is 20.7. The van der Waals surface area contributed by atoms with Gasteiger partial charge in [-0.15, -0.1) is 5.10 Å². The van der Waals surface area contributed by atoms with Gasteiger partial charge >= 0.3 is 0 Å². The molecule has 2 amide bonds. The van der Waals surface area contributed by atoms with Crippen molar-refractivity contribution < 1.29 is 14.3 Å². The fourth-order valence-electron chi connectivity index (χ4n) is 4.47. The van der Waals surface area contributed by atoms with E-state index in [9.17, 15) is 9.59 Å². The predicted octanol–water partition coefficient (Wildman–Crippen LogP) is 0.105. The number of nitrogens with one attached hydrogen (secondary N) is 2. The second-order valence-corrected chi connectivity index (χ2v) is 8.73. The van der Waals surface area contributed by atoms with E-state index in [1.54, 1.807) is 23.0 Å². The van der Waals surface area contributed by atoms with Crippen LogP contribution >= 0.6 is 0 Å². The Kier molecular flexibility index (Phi) is 5.20. The fourth-order valence-corrected chi connectivity index (χ4v) is 4.47. The van der Waals surface area contributed by atoms with Crippen molar-refractivity contribution in [1.29, 1.82) is 0 Å². The number of fused-ring (bicyclic) bond motifs is 1. The first-order valence-electron chi connectivity index (χ1n) is 10.9. The van der Waals surface area contributed by atoms with Crippen LogP contribution in [0.2, 0.25) is 0 Å². The Balaban J connectivity index is 1.21. The molecule has 10 nitrogen and oxygen atoms in total. The summed E-state index contributed by atoms with van der Waals surface area (Å²) >= 11 is 0. The van der Waals surface area contributed by atoms with E-state index in [-0.39, 0.29) is 11.7 Å². The second-order valence-electron chi connectivity index (χ2n) is 8.73. The lowest BCUT2D eigenvalue weighted by Gasteiger charge is -2.25. The summed E-state index contributed by atoms with van der Waals surface area (Å²) in [5, 5.41) is 9.20. The number of ether oxygens (including phenoxy) is 1. The lowest BCUT2D eigenvalue weighted by molar-refractivity contribution is -0.130. The number of hydrogen-bond acceptors (Lipinski definition) is 7. The van der Waals surface area contributed by atoms with Gasteiger partial charge in [0, 0.05) is 33.4 Å². The molecule has 1 aromatic rings. The molecule has 2 saturated heterocycles. The highest BCUT2D eigenvalue weighted by molar-refractivity contribution is 5.95. The van der Waals surface area contributed by atoms with Crippen LogP contribution in [0.25, 0.3) is 0 Å². The average molecular weight is 415 g/mol. The van der Waals surface area contributed by atoms with Crippen molar-refractivity contribution in [1.82, 2.24) is 35.4 Å². The quantitative estimate of drug-likeness (QED) is 0.703. The summed E-state index contributed by atoms with van der Waals surface area (Å²) in [5.74, 6) is 1.62. The molecule has 2 unspecified atom stereocenters. The van der Waals surface area contributed by atoms with Crippen LogP contribution < -0.4 is 10.7 Å². The van der Waals surface area contributed by atoms with E-state index in [0.29, 0.717) is 30.8 Å². The van der Waals surface area contributed by atoms with Crippen LogP contribution in [0.4, 0.5) is 0 Å². The first-order chi connectivity index (χ1) is 14.6. The number of hydrazine groups is 1. The standard InChI is InChI=1S/C20H29N7O3/c1-25-17-10-16(14-2-3-14)23-27(17)7-4-15(20(25)29)22-19(28)18-21-12-26(24-18)11-13-5-8-30-9-6-13/h10,12-16,23H,2-9,11H2,1H3,(H,22,28). The zero-order valence-electron chi connectivity index (χ0n) is 17.3. The molecule has 1 saturated carbocycles. The molecule has 1 aromatic heterocycles. The number of likely N-dealkylation sites (N-methyl/N-ethyl adjacent to an activating group) is 1. The Morgan fingerprint density at radius 2 is 2.07 bits per heavy atom. The van der Waals surface area contributed by atoms with Crippen molar-refractivity contribution in [3.63, 3.8) is 0 Å². The molecule has 4 aliphatic rings. The highest BCUT2D eigenvalue weighted by Crippen LogP contribution is 2.37. The van der Waals surface area contributed by atoms with Gasteiger partial charge in [0.15, 0.2) is 0 Å². The van der Waals surface area contributed by atoms with Gasteiger partial charge in [0.1, 0.15) is 18.2 Å². The Morgan fingerprint density at radius 3 is 2.83 bits per heavy atom. The maximum atomic E-state index is 13.0. The highest BCUT2D eigenvalue weighted by Gasteiger charge is 2.40. The molecule has 3 aliphatic heterocycles. The number of carbonyl (C=O) groups is 2. The molecule has 0 bridgehead atoms. The predicted molar refractivity (Wildman–Crippen MR) is 107 cm³/mol. The first-order valence-corrected chi connectivity index (χ1v) is 10.9. The van der Waals surface area contributed by atoms with E-state index in [1.165, 1.54) is 12.8 Å². The monoisotopic (exact) mass is 415 g/mol. The summed E-state index contributed by atoms with van der Waals surface area (Å²) < 4.78 is 7.10. The third kappa shape index (κ3) is 3.93. The molecule has 2 atom stereocenters. The number of aromatic nitrogens is 3. The van der Waals surface area contributed by atoms with E-state index < -0.39 is 11.9 Å². The van der Waals surface area contributed by atoms with E-state index in [4.69, 9.17) is 4.74 Å².